The van der Waals surface area contributed by atoms with Gasteiger partial charge in [0.05, 0.1) is 30.9 Å². The Balaban J connectivity index is 1.75. The highest BCUT2D eigenvalue weighted by Gasteiger charge is 2.27. The van der Waals surface area contributed by atoms with E-state index in [0.29, 0.717) is 16.7 Å². The summed E-state index contributed by atoms with van der Waals surface area (Å²) in [4.78, 5) is 25.6. The number of methoxy groups -OCH3 is 1. The summed E-state index contributed by atoms with van der Waals surface area (Å²) < 4.78 is 15.7. The maximum absolute atomic E-state index is 12.8. The van der Waals surface area contributed by atoms with Gasteiger partial charge in [0.15, 0.2) is 11.5 Å². The van der Waals surface area contributed by atoms with E-state index in [1.807, 2.05) is 0 Å². The minimum atomic E-state index is -0.885. The van der Waals surface area contributed by atoms with E-state index < -0.39 is 11.5 Å². The number of nitrogens with one attached hydrogen (secondary N) is 1. The molecule has 8 nitrogen and oxygen atoms in total. The number of aromatic hydroxyl groups is 2. The van der Waals surface area contributed by atoms with Crippen molar-refractivity contribution in [2.45, 2.75) is 18.9 Å². The zero-order valence-electron chi connectivity index (χ0n) is 17.2. The first kappa shape index (κ1) is 21.0. The highest BCUT2D eigenvalue weighted by molar-refractivity contribution is 5.85. The van der Waals surface area contributed by atoms with Gasteiger partial charge < -0.3 is 29.1 Å². The maximum atomic E-state index is 12.8. The third kappa shape index (κ3) is 4.15. The fourth-order valence-corrected chi connectivity index (χ4v) is 3.62. The van der Waals surface area contributed by atoms with Crippen molar-refractivity contribution in [3.8, 4) is 17.2 Å². The first-order valence-electron chi connectivity index (χ1n) is 9.88. The third-order valence-electron chi connectivity index (χ3n) is 5.20. The van der Waals surface area contributed by atoms with Crippen LogP contribution in [0.4, 0.5) is 0 Å². The molecule has 32 heavy (non-hydrogen) atoms. The molecule has 0 bridgehead atoms. The van der Waals surface area contributed by atoms with Crippen LogP contribution in [0.5, 0.6) is 17.2 Å². The lowest BCUT2D eigenvalue weighted by atomic mass is 9.87. The zero-order valence-corrected chi connectivity index (χ0v) is 17.2. The molecule has 8 heteroatoms. The molecule has 0 aliphatic rings. The normalized spacial score (nSPS) is 11.9. The predicted octanol–water partition coefficient (Wildman–Crippen LogP) is 3.64. The van der Waals surface area contributed by atoms with Crippen molar-refractivity contribution in [2.24, 2.45) is 0 Å². The Hall–Kier alpha value is -4.20. The van der Waals surface area contributed by atoms with E-state index in [-0.39, 0.29) is 47.3 Å². The van der Waals surface area contributed by atoms with Gasteiger partial charge in [0.2, 0.25) is 5.91 Å². The summed E-state index contributed by atoms with van der Waals surface area (Å²) in [5.41, 5.74) is -0.159. The number of rotatable bonds is 7. The second-order valence-corrected chi connectivity index (χ2v) is 7.19. The minimum absolute atomic E-state index is 0.0681. The Labute approximate surface area is 182 Å². The van der Waals surface area contributed by atoms with E-state index in [1.54, 1.807) is 42.5 Å². The Bertz CT molecular complexity index is 1310. The van der Waals surface area contributed by atoms with Gasteiger partial charge in [0, 0.05) is 12.3 Å². The number of benzene rings is 2. The molecule has 0 spiro atoms. The Kier molecular flexibility index (Phi) is 5.85. The molecule has 0 saturated carbocycles. The molecular formula is C24H21NO7. The van der Waals surface area contributed by atoms with Crippen molar-refractivity contribution in [1.82, 2.24) is 5.32 Å². The number of carbonyl (C=O) groups is 1. The average Bonchev–Trinajstić information content (AvgIpc) is 3.31. The maximum Gasteiger partial charge on any atom is 0.343 e. The number of para-hydroxylation sites is 1. The lowest BCUT2D eigenvalue weighted by Crippen LogP contribution is -2.26. The average molecular weight is 435 g/mol. The molecule has 1 amide bonds. The van der Waals surface area contributed by atoms with Crippen molar-refractivity contribution in [3.63, 3.8) is 0 Å². The summed E-state index contributed by atoms with van der Waals surface area (Å²) in [7, 11) is 1.41. The van der Waals surface area contributed by atoms with Gasteiger partial charge in [-0.05, 0) is 42.0 Å². The van der Waals surface area contributed by atoms with Crippen LogP contribution in [0.3, 0.4) is 0 Å². The van der Waals surface area contributed by atoms with Crippen molar-refractivity contribution in [2.75, 3.05) is 7.11 Å². The molecule has 2 aromatic carbocycles. The van der Waals surface area contributed by atoms with E-state index in [0.717, 1.165) is 0 Å². The number of hydrogen-bond acceptors (Lipinski definition) is 7. The first-order chi connectivity index (χ1) is 15.5. The summed E-state index contributed by atoms with van der Waals surface area (Å²) in [5, 5.41) is 24.3. The molecule has 3 N–H and O–H groups in total. The molecule has 4 rings (SSSR count). The van der Waals surface area contributed by atoms with Crippen LogP contribution in [-0.2, 0) is 11.3 Å². The molecule has 0 radical (unpaired) electrons. The summed E-state index contributed by atoms with van der Waals surface area (Å²) in [6.07, 6.45) is 1.33. The zero-order chi connectivity index (χ0) is 22.7. The summed E-state index contributed by atoms with van der Waals surface area (Å²) >= 11 is 0. The molecule has 0 aliphatic heterocycles. The lowest BCUT2D eigenvalue weighted by Gasteiger charge is -2.19. The van der Waals surface area contributed by atoms with Gasteiger partial charge in [0.1, 0.15) is 17.1 Å². The van der Waals surface area contributed by atoms with Crippen LogP contribution in [-0.4, -0.2) is 23.2 Å². The molecule has 0 aliphatic carbocycles. The minimum Gasteiger partial charge on any atom is -0.507 e. The van der Waals surface area contributed by atoms with Gasteiger partial charge in [-0.15, -0.1) is 0 Å². The molecule has 0 fully saturated rings. The largest absolute Gasteiger partial charge is 0.507 e. The predicted molar refractivity (Wildman–Crippen MR) is 116 cm³/mol. The van der Waals surface area contributed by atoms with Crippen molar-refractivity contribution < 1.29 is 28.6 Å². The molecule has 0 saturated heterocycles. The van der Waals surface area contributed by atoms with Gasteiger partial charge >= 0.3 is 5.63 Å². The summed E-state index contributed by atoms with van der Waals surface area (Å²) in [5.74, 6) is -0.876. The Morgan fingerprint density at radius 2 is 1.94 bits per heavy atom. The van der Waals surface area contributed by atoms with Crippen LogP contribution in [0.2, 0.25) is 0 Å². The summed E-state index contributed by atoms with van der Waals surface area (Å²) in [6, 6.07) is 14.6. The molecule has 0 unspecified atom stereocenters. The highest BCUT2D eigenvalue weighted by atomic mass is 16.5. The lowest BCUT2D eigenvalue weighted by molar-refractivity contribution is -0.121. The standard InChI is InChI=1S/C24H21NO7/c1-30-20-9-8-14(11-18(20)26)17(12-21(27)25-13-15-5-4-10-31-15)22-23(28)16-6-2-3-7-19(16)32-24(22)29/h2-11,17,26,28H,12-13H2,1H3,(H,25,27)/t17-/m0/s1. The second-order valence-electron chi connectivity index (χ2n) is 7.19. The molecular weight excluding hydrogens is 414 g/mol. The van der Waals surface area contributed by atoms with E-state index in [1.165, 1.54) is 25.5 Å². The van der Waals surface area contributed by atoms with Crippen LogP contribution in [0.1, 0.15) is 29.2 Å². The van der Waals surface area contributed by atoms with E-state index in [9.17, 15) is 19.8 Å². The van der Waals surface area contributed by atoms with Gasteiger partial charge in [-0.25, -0.2) is 4.79 Å². The van der Waals surface area contributed by atoms with Gasteiger partial charge in [-0.1, -0.05) is 18.2 Å². The van der Waals surface area contributed by atoms with Crippen molar-refractivity contribution in [1.29, 1.82) is 0 Å². The number of fused-ring (bicyclic) bond motifs is 1. The number of phenols is 1. The Morgan fingerprint density at radius 3 is 2.66 bits per heavy atom. The quantitative estimate of drug-likeness (QED) is 0.379. The number of furan rings is 1. The first-order valence-corrected chi connectivity index (χ1v) is 9.88. The van der Waals surface area contributed by atoms with E-state index in [4.69, 9.17) is 13.6 Å². The third-order valence-corrected chi connectivity index (χ3v) is 5.20. The fourth-order valence-electron chi connectivity index (χ4n) is 3.62. The molecule has 2 aromatic heterocycles. The van der Waals surface area contributed by atoms with Crippen LogP contribution in [0.15, 0.2) is 74.5 Å². The number of ether oxygens (including phenoxy) is 1. The second kappa shape index (κ2) is 8.89. The van der Waals surface area contributed by atoms with E-state index >= 15 is 0 Å². The number of carbonyl (C=O) groups excluding carboxylic acids is 1. The van der Waals surface area contributed by atoms with Gasteiger partial charge in [0.25, 0.3) is 0 Å². The van der Waals surface area contributed by atoms with Crippen LogP contribution < -0.4 is 15.7 Å². The van der Waals surface area contributed by atoms with Crippen LogP contribution in [0.25, 0.3) is 11.0 Å². The number of amides is 1. The van der Waals surface area contributed by atoms with Crippen molar-refractivity contribution >= 4 is 16.9 Å². The molecule has 2 heterocycles. The van der Waals surface area contributed by atoms with Crippen LogP contribution >= 0.6 is 0 Å². The topological polar surface area (TPSA) is 122 Å². The molecule has 4 aromatic rings. The van der Waals surface area contributed by atoms with Gasteiger partial charge in [-0.2, -0.15) is 0 Å². The summed E-state index contributed by atoms with van der Waals surface area (Å²) in [6.45, 7) is 0.171. The van der Waals surface area contributed by atoms with Crippen molar-refractivity contribution in [3.05, 3.63) is 88.2 Å². The highest BCUT2D eigenvalue weighted by Crippen LogP contribution is 2.38. The molecule has 164 valence electrons. The Morgan fingerprint density at radius 1 is 1.12 bits per heavy atom. The number of phenolic OH excluding ortho intramolecular Hbond substituents is 1. The van der Waals surface area contributed by atoms with Gasteiger partial charge in [-0.3, -0.25) is 4.79 Å². The fraction of sp³-hybridized carbons (Fsp3) is 0.167. The SMILES string of the molecule is COc1ccc([C@H](CC(=O)NCc2ccco2)c2c(O)c3ccccc3oc2=O)cc1O. The van der Waals surface area contributed by atoms with Crippen LogP contribution in [0, 0.1) is 0 Å². The smallest absolute Gasteiger partial charge is 0.343 e. The monoisotopic (exact) mass is 435 g/mol. The number of hydrogen-bond donors (Lipinski definition) is 3. The molecule has 1 atom stereocenters. The van der Waals surface area contributed by atoms with E-state index in [2.05, 4.69) is 5.32 Å².